The number of hydrogen-bond acceptors (Lipinski definition) is 7. The molecule has 0 bridgehead atoms. The molecule has 0 aromatic carbocycles. The van der Waals surface area contributed by atoms with Gasteiger partial charge in [-0.3, -0.25) is 10.1 Å². The Kier molecular flexibility index (Phi) is 3.98. The molecule has 108 valence electrons. The number of nitrogens with zero attached hydrogens (tertiary/aromatic N) is 5. The van der Waals surface area contributed by atoms with Crippen LogP contribution in [0.1, 0.15) is 29.4 Å². The van der Waals surface area contributed by atoms with Crippen LogP contribution in [0.15, 0.2) is 24.4 Å². The monoisotopic (exact) mass is 301 g/mol. The first-order valence-electron chi connectivity index (χ1n) is 6.59. The van der Waals surface area contributed by atoms with E-state index in [1.54, 1.807) is 6.20 Å². The number of H-pyrrole nitrogens is 1. The standard InChI is InChI=1S/C13H15N7S/c1-8(12-9(2)17-20-21-12)15-7-11-16-13(19-18-11)10-5-3-4-6-14-10/h3-6,8,15H,7H2,1-2H3,(H,16,18,19). The van der Waals surface area contributed by atoms with Crippen molar-refractivity contribution in [2.45, 2.75) is 26.4 Å². The van der Waals surface area contributed by atoms with Crippen LogP contribution in [0.5, 0.6) is 0 Å². The zero-order valence-electron chi connectivity index (χ0n) is 11.7. The molecule has 0 saturated heterocycles. The molecule has 3 heterocycles. The number of pyridine rings is 1. The van der Waals surface area contributed by atoms with Crippen molar-refractivity contribution in [1.29, 1.82) is 0 Å². The lowest BCUT2D eigenvalue weighted by molar-refractivity contribution is 0.564. The summed E-state index contributed by atoms with van der Waals surface area (Å²) in [6.45, 7) is 4.64. The van der Waals surface area contributed by atoms with Gasteiger partial charge >= 0.3 is 0 Å². The van der Waals surface area contributed by atoms with Crippen molar-refractivity contribution in [2.24, 2.45) is 0 Å². The van der Waals surface area contributed by atoms with Crippen LogP contribution in [0, 0.1) is 6.92 Å². The third kappa shape index (κ3) is 3.11. The maximum atomic E-state index is 4.44. The van der Waals surface area contributed by atoms with Crippen molar-refractivity contribution in [2.75, 3.05) is 0 Å². The Balaban J connectivity index is 1.64. The lowest BCUT2D eigenvalue weighted by atomic mass is 10.2. The van der Waals surface area contributed by atoms with Crippen molar-refractivity contribution in [1.82, 2.24) is 35.1 Å². The first-order chi connectivity index (χ1) is 10.2. The van der Waals surface area contributed by atoms with Crippen molar-refractivity contribution in [3.63, 3.8) is 0 Å². The fourth-order valence-electron chi connectivity index (χ4n) is 1.96. The molecule has 0 aliphatic heterocycles. The van der Waals surface area contributed by atoms with E-state index in [2.05, 4.69) is 42.0 Å². The topological polar surface area (TPSA) is 92.3 Å². The van der Waals surface area contributed by atoms with Crippen LogP contribution >= 0.6 is 11.5 Å². The third-order valence-corrected chi connectivity index (χ3v) is 4.09. The summed E-state index contributed by atoms with van der Waals surface area (Å²) in [5.41, 5.74) is 1.72. The third-order valence-electron chi connectivity index (χ3n) is 3.08. The fraction of sp³-hybridized carbons (Fsp3) is 0.308. The molecule has 21 heavy (non-hydrogen) atoms. The van der Waals surface area contributed by atoms with Crippen LogP contribution in [-0.4, -0.2) is 29.8 Å². The second-order valence-electron chi connectivity index (χ2n) is 4.65. The van der Waals surface area contributed by atoms with Gasteiger partial charge in [-0.2, -0.15) is 5.10 Å². The second kappa shape index (κ2) is 6.06. The van der Waals surface area contributed by atoms with Crippen LogP contribution in [0.25, 0.3) is 11.5 Å². The zero-order valence-corrected chi connectivity index (χ0v) is 12.6. The lowest BCUT2D eigenvalue weighted by Crippen LogP contribution is -2.18. The molecule has 0 saturated carbocycles. The maximum absolute atomic E-state index is 4.44. The van der Waals surface area contributed by atoms with Gasteiger partial charge in [-0.15, -0.1) is 5.10 Å². The molecule has 0 fully saturated rings. The summed E-state index contributed by atoms with van der Waals surface area (Å²) < 4.78 is 3.95. The quantitative estimate of drug-likeness (QED) is 0.747. The molecule has 0 spiro atoms. The van der Waals surface area contributed by atoms with Gasteiger partial charge in [0.1, 0.15) is 11.5 Å². The van der Waals surface area contributed by atoms with Gasteiger partial charge in [0.15, 0.2) is 5.82 Å². The summed E-state index contributed by atoms with van der Waals surface area (Å²) in [7, 11) is 0. The summed E-state index contributed by atoms with van der Waals surface area (Å²) >= 11 is 1.42. The number of aromatic amines is 1. The van der Waals surface area contributed by atoms with E-state index in [0.29, 0.717) is 12.4 Å². The van der Waals surface area contributed by atoms with E-state index in [0.717, 1.165) is 22.1 Å². The van der Waals surface area contributed by atoms with Crippen LogP contribution in [0.4, 0.5) is 0 Å². The van der Waals surface area contributed by atoms with Crippen molar-refractivity contribution < 1.29 is 0 Å². The molecule has 0 amide bonds. The Bertz CT molecular complexity index is 706. The van der Waals surface area contributed by atoms with Gasteiger partial charge in [-0.25, -0.2) is 4.98 Å². The smallest absolute Gasteiger partial charge is 0.199 e. The molecular formula is C13H15N7S. The van der Waals surface area contributed by atoms with Crippen molar-refractivity contribution in [3.8, 4) is 11.5 Å². The first-order valence-corrected chi connectivity index (χ1v) is 7.36. The maximum Gasteiger partial charge on any atom is 0.199 e. The van der Waals surface area contributed by atoms with E-state index in [9.17, 15) is 0 Å². The molecule has 2 N–H and O–H groups in total. The van der Waals surface area contributed by atoms with Crippen LogP contribution in [0.3, 0.4) is 0 Å². The zero-order chi connectivity index (χ0) is 14.7. The summed E-state index contributed by atoms with van der Waals surface area (Å²) in [6, 6.07) is 5.84. The molecule has 0 radical (unpaired) electrons. The molecule has 8 heteroatoms. The van der Waals surface area contributed by atoms with Gasteiger partial charge in [-0.1, -0.05) is 10.6 Å². The van der Waals surface area contributed by atoms with E-state index in [-0.39, 0.29) is 6.04 Å². The average molecular weight is 301 g/mol. The highest BCUT2D eigenvalue weighted by molar-refractivity contribution is 7.05. The molecule has 0 aliphatic rings. The lowest BCUT2D eigenvalue weighted by Gasteiger charge is -2.10. The largest absolute Gasteiger partial charge is 0.302 e. The minimum Gasteiger partial charge on any atom is -0.302 e. The van der Waals surface area contributed by atoms with Crippen LogP contribution in [0.2, 0.25) is 0 Å². The Morgan fingerprint density at radius 3 is 3.00 bits per heavy atom. The molecule has 1 atom stereocenters. The predicted molar refractivity (Wildman–Crippen MR) is 79.5 cm³/mol. The summed E-state index contributed by atoms with van der Waals surface area (Å²) in [5, 5.41) is 14.5. The van der Waals surface area contributed by atoms with Gasteiger partial charge in [0.25, 0.3) is 0 Å². The number of hydrogen-bond donors (Lipinski definition) is 2. The van der Waals surface area contributed by atoms with Gasteiger partial charge in [0, 0.05) is 12.2 Å². The first kappa shape index (κ1) is 13.8. The highest BCUT2D eigenvalue weighted by Crippen LogP contribution is 2.19. The van der Waals surface area contributed by atoms with E-state index in [1.807, 2.05) is 25.1 Å². The molecule has 3 aromatic heterocycles. The number of nitrogens with one attached hydrogen (secondary N) is 2. The number of rotatable bonds is 5. The summed E-state index contributed by atoms with van der Waals surface area (Å²) in [6.07, 6.45) is 1.73. The van der Waals surface area contributed by atoms with Crippen molar-refractivity contribution in [3.05, 3.63) is 40.8 Å². The van der Waals surface area contributed by atoms with Gasteiger partial charge < -0.3 is 5.32 Å². The van der Waals surface area contributed by atoms with E-state index in [1.165, 1.54) is 11.5 Å². The number of aromatic nitrogens is 6. The fourth-order valence-corrected chi connectivity index (χ4v) is 2.63. The molecule has 3 rings (SSSR count). The molecule has 3 aromatic rings. The minimum absolute atomic E-state index is 0.174. The molecule has 7 nitrogen and oxygen atoms in total. The average Bonchev–Trinajstić information content (AvgIpc) is 3.15. The Hall–Kier alpha value is -2.19. The van der Waals surface area contributed by atoms with E-state index in [4.69, 9.17) is 0 Å². The molecule has 1 unspecified atom stereocenters. The molecule has 0 aliphatic carbocycles. The number of aryl methyl sites for hydroxylation is 1. The normalized spacial score (nSPS) is 12.5. The summed E-state index contributed by atoms with van der Waals surface area (Å²) in [5.74, 6) is 1.38. The second-order valence-corrected chi connectivity index (χ2v) is 5.43. The Morgan fingerprint density at radius 1 is 1.38 bits per heavy atom. The van der Waals surface area contributed by atoms with Gasteiger partial charge in [0.2, 0.25) is 0 Å². The van der Waals surface area contributed by atoms with Crippen molar-refractivity contribution >= 4 is 11.5 Å². The Morgan fingerprint density at radius 2 is 2.29 bits per heavy atom. The van der Waals surface area contributed by atoms with Gasteiger partial charge in [-0.05, 0) is 37.5 Å². The SMILES string of the molecule is Cc1nnsc1C(C)NCc1nc(-c2ccccn2)n[nH]1. The van der Waals surface area contributed by atoms with Gasteiger partial charge in [0.05, 0.1) is 17.1 Å². The minimum atomic E-state index is 0.174. The predicted octanol–water partition coefficient (Wildman–Crippen LogP) is 1.88. The van der Waals surface area contributed by atoms with E-state index >= 15 is 0 Å². The van der Waals surface area contributed by atoms with Crippen LogP contribution < -0.4 is 5.32 Å². The summed E-state index contributed by atoms with van der Waals surface area (Å²) in [4.78, 5) is 9.80. The van der Waals surface area contributed by atoms with Crippen LogP contribution in [-0.2, 0) is 6.54 Å². The highest BCUT2D eigenvalue weighted by atomic mass is 32.1. The van der Waals surface area contributed by atoms with E-state index < -0.39 is 0 Å². The Labute approximate surface area is 126 Å². The molecular weight excluding hydrogens is 286 g/mol. The highest BCUT2D eigenvalue weighted by Gasteiger charge is 2.13.